The van der Waals surface area contributed by atoms with Crippen LogP contribution in [0.1, 0.15) is 30.3 Å². The van der Waals surface area contributed by atoms with Gasteiger partial charge in [0, 0.05) is 31.0 Å². The number of nitrogens with one attached hydrogen (secondary N) is 2. The summed E-state index contributed by atoms with van der Waals surface area (Å²) >= 11 is 0. The zero-order valence-corrected chi connectivity index (χ0v) is 12.3. The summed E-state index contributed by atoms with van der Waals surface area (Å²) in [5.74, 6) is 2.57. The number of anilines is 2. The molecule has 5 heteroatoms. The van der Waals surface area contributed by atoms with Crippen LogP contribution in [0.3, 0.4) is 0 Å². The second kappa shape index (κ2) is 6.84. The number of nitrogens with zero attached hydrogens (tertiary/aromatic N) is 3. The van der Waals surface area contributed by atoms with Crippen LogP contribution >= 0.6 is 0 Å². The van der Waals surface area contributed by atoms with E-state index in [-0.39, 0.29) is 0 Å². The number of aromatic nitrogens is 3. The van der Waals surface area contributed by atoms with E-state index in [1.54, 1.807) is 12.4 Å². The van der Waals surface area contributed by atoms with Crippen molar-refractivity contribution in [1.82, 2.24) is 15.0 Å². The Labute approximate surface area is 119 Å². The molecule has 2 aromatic rings. The Kier molecular flexibility index (Phi) is 4.87. The molecule has 20 heavy (non-hydrogen) atoms. The Morgan fingerprint density at radius 2 is 1.65 bits per heavy atom. The molecule has 2 aromatic heterocycles. The zero-order valence-electron chi connectivity index (χ0n) is 12.3. The summed E-state index contributed by atoms with van der Waals surface area (Å²) in [4.78, 5) is 12.9. The fourth-order valence-electron chi connectivity index (χ4n) is 1.90. The van der Waals surface area contributed by atoms with Gasteiger partial charge in [0.1, 0.15) is 17.5 Å². The summed E-state index contributed by atoms with van der Waals surface area (Å²) in [6, 6.07) is 3.99. The van der Waals surface area contributed by atoms with E-state index >= 15 is 0 Å². The van der Waals surface area contributed by atoms with Crippen molar-refractivity contribution >= 4 is 11.6 Å². The van der Waals surface area contributed by atoms with Gasteiger partial charge in [-0.3, -0.25) is 4.98 Å². The lowest BCUT2D eigenvalue weighted by molar-refractivity contribution is 0.942. The van der Waals surface area contributed by atoms with E-state index in [0.29, 0.717) is 0 Å². The first kappa shape index (κ1) is 14.2. The SMILES string of the molecule is CCCNc1nc(C)nc(NCc2ccncc2)c1C. The quantitative estimate of drug-likeness (QED) is 0.845. The molecule has 0 bridgehead atoms. The molecule has 0 aliphatic rings. The molecule has 0 saturated heterocycles. The third kappa shape index (κ3) is 3.66. The van der Waals surface area contributed by atoms with Crippen LogP contribution in [0, 0.1) is 13.8 Å². The summed E-state index contributed by atoms with van der Waals surface area (Å²) < 4.78 is 0. The minimum Gasteiger partial charge on any atom is -0.370 e. The van der Waals surface area contributed by atoms with Gasteiger partial charge in [-0.1, -0.05) is 6.92 Å². The molecule has 0 unspecified atom stereocenters. The molecule has 0 fully saturated rings. The van der Waals surface area contributed by atoms with Gasteiger partial charge in [-0.2, -0.15) is 0 Å². The van der Waals surface area contributed by atoms with Crippen molar-refractivity contribution in [2.45, 2.75) is 33.7 Å². The van der Waals surface area contributed by atoms with Gasteiger partial charge < -0.3 is 10.6 Å². The fourth-order valence-corrected chi connectivity index (χ4v) is 1.90. The minimum absolute atomic E-state index is 0.729. The van der Waals surface area contributed by atoms with Gasteiger partial charge in [-0.25, -0.2) is 9.97 Å². The second-order valence-electron chi connectivity index (χ2n) is 4.73. The minimum atomic E-state index is 0.729. The highest BCUT2D eigenvalue weighted by Gasteiger charge is 2.08. The third-order valence-electron chi connectivity index (χ3n) is 3.01. The Morgan fingerprint density at radius 3 is 2.30 bits per heavy atom. The molecule has 0 aliphatic heterocycles. The number of hydrogen-bond acceptors (Lipinski definition) is 5. The van der Waals surface area contributed by atoms with Gasteiger partial charge in [-0.15, -0.1) is 0 Å². The van der Waals surface area contributed by atoms with Gasteiger partial charge in [0.25, 0.3) is 0 Å². The van der Waals surface area contributed by atoms with Crippen LogP contribution < -0.4 is 10.6 Å². The van der Waals surface area contributed by atoms with Crippen LogP contribution in [0.15, 0.2) is 24.5 Å². The Bertz CT molecular complexity index is 554. The second-order valence-corrected chi connectivity index (χ2v) is 4.73. The van der Waals surface area contributed by atoms with E-state index in [0.717, 1.165) is 42.5 Å². The van der Waals surface area contributed by atoms with Crippen molar-refractivity contribution in [3.63, 3.8) is 0 Å². The molecular weight excluding hydrogens is 250 g/mol. The number of rotatable bonds is 6. The molecule has 0 saturated carbocycles. The van der Waals surface area contributed by atoms with E-state index in [9.17, 15) is 0 Å². The van der Waals surface area contributed by atoms with Crippen molar-refractivity contribution in [1.29, 1.82) is 0 Å². The zero-order chi connectivity index (χ0) is 14.4. The molecule has 0 radical (unpaired) electrons. The topological polar surface area (TPSA) is 62.7 Å². The van der Waals surface area contributed by atoms with Gasteiger partial charge >= 0.3 is 0 Å². The summed E-state index contributed by atoms with van der Waals surface area (Å²) in [5.41, 5.74) is 2.23. The van der Waals surface area contributed by atoms with Crippen LogP contribution in [-0.4, -0.2) is 21.5 Å². The summed E-state index contributed by atoms with van der Waals surface area (Å²) in [5, 5.41) is 6.71. The molecule has 2 heterocycles. The molecule has 2 rings (SSSR count). The predicted molar refractivity (Wildman–Crippen MR) is 81.9 cm³/mol. The van der Waals surface area contributed by atoms with Gasteiger partial charge in [-0.05, 0) is 38.0 Å². The first-order valence-corrected chi connectivity index (χ1v) is 6.92. The lowest BCUT2D eigenvalue weighted by atomic mass is 10.2. The first-order chi connectivity index (χ1) is 9.70. The van der Waals surface area contributed by atoms with Gasteiger partial charge in [0.2, 0.25) is 0 Å². The van der Waals surface area contributed by atoms with Crippen molar-refractivity contribution < 1.29 is 0 Å². The van der Waals surface area contributed by atoms with Gasteiger partial charge in [0.15, 0.2) is 0 Å². The molecule has 0 atom stereocenters. The Hall–Kier alpha value is -2.17. The molecule has 2 N–H and O–H groups in total. The molecular formula is C15H21N5. The van der Waals surface area contributed by atoms with E-state index in [4.69, 9.17) is 0 Å². The van der Waals surface area contributed by atoms with Crippen molar-refractivity contribution in [2.24, 2.45) is 0 Å². The fraction of sp³-hybridized carbons (Fsp3) is 0.400. The molecule has 5 nitrogen and oxygen atoms in total. The van der Waals surface area contributed by atoms with Crippen LogP contribution in [-0.2, 0) is 6.54 Å². The Morgan fingerprint density at radius 1 is 1.00 bits per heavy atom. The summed E-state index contributed by atoms with van der Waals surface area (Å²) in [7, 11) is 0. The number of hydrogen-bond donors (Lipinski definition) is 2. The number of pyridine rings is 1. The van der Waals surface area contributed by atoms with Crippen LogP contribution in [0.4, 0.5) is 11.6 Å². The average Bonchev–Trinajstić information content (AvgIpc) is 2.47. The Balaban J connectivity index is 2.12. The molecule has 0 aromatic carbocycles. The van der Waals surface area contributed by atoms with E-state index in [2.05, 4.69) is 32.5 Å². The highest BCUT2D eigenvalue weighted by molar-refractivity contribution is 5.57. The maximum Gasteiger partial charge on any atom is 0.135 e. The molecule has 0 amide bonds. The lowest BCUT2D eigenvalue weighted by Gasteiger charge is -2.14. The van der Waals surface area contributed by atoms with Crippen molar-refractivity contribution in [3.8, 4) is 0 Å². The van der Waals surface area contributed by atoms with Gasteiger partial charge in [0.05, 0.1) is 0 Å². The maximum atomic E-state index is 4.48. The molecule has 0 spiro atoms. The predicted octanol–water partition coefficient (Wildman–Crippen LogP) is 2.92. The van der Waals surface area contributed by atoms with E-state index < -0.39 is 0 Å². The monoisotopic (exact) mass is 271 g/mol. The largest absolute Gasteiger partial charge is 0.370 e. The average molecular weight is 271 g/mol. The van der Waals surface area contributed by atoms with E-state index in [1.165, 1.54) is 5.56 Å². The van der Waals surface area contributed by atoms with Crippen molar-refractivity contribution in [2.75, 3.05) is 17.2 Å². The molecule has 0 aliphatic carbocycles. The highest BCUT2D eigenvalue weighted by atomic mass is 15.1. The smallest absolute Gasteiger partial charge is 0.135 e. The van der Waals surface area contributed by atoms with Crippen molar-refractivity contribution in [3.05, 3.63) is 41.5 Å². The lowest BCUT2D eigenvalue weighted by Crippen LogP contribution is -2.10. The molecule has 106 valence electrons. The summed E-state index contributed by atoms with van der Waals surface area (Å²) in [6.07, 6.45) is 4.66. The van der Waals surface area contributed by atoms with E-state index in [1.807, 2.05) is 26.0 Å². The third-order valence-corrected chi connectivity index (χ3v) is 3.01. The van der Waals surface area contributed by atoms with Crippen LogP contribution in [0.2, 0.25) is 0 Å². The van der Waals surface area contributed by atoms with Crippen LogP contribution in [0.25, 0.3) is 0 Å². The maximum absolute atomic E-state index is 4.48. The normalized spacial score (nSPS) is 10.3. The highest BCUT2D eigenvalue weighted by Crippen LogP contribution is 2.20. The summed E-state index contributed by atoms with van der Waals surface area (Å²) in [6.45, 7) is 7.73. The van der Waals surface area contributed by atoms with Crippen LogP contribution in [0.5, 0.6) is 0 Å². The number of aryl methyl sites for hydroxylation is 1. The standard InChI is InChI=1S/C15H21N5/c1-4-7-17-14-11(2)15(20-12(3)19-14)18-10-13-5-8-16-9-6-13/h5-6,8-9H,4,7,10H2,1-3H3,(H2,17,18,19,20). The first-order valence-electron chi connectivity index (χ1n) is 6.92.